The van der Waals surface area contributed by atoms with Crippen LogP contribution in [-0.2, 0) is 10.8 Å². The van der Waals surface area contributed by atoms with Gasteiger partial charge >= 0.3 is 12.5 Å². The maximum absolute atomic E-state index is 14.8. The van der Waals surface area contributed by atoms with Gasteiger partial charge in [-0.15, -0.1) is 13.2 Å². The lowest BCUT2D eigenvalue weighted by Crippen LogP contribution is -2.24. The van der Waals surface area contributed by atoms with Crippen LogP contribution in [0.2, 0.25) is 0 Å². The number of benzene rings is 2. The highest BCUT2D eigenvalue weighted by Crippen LogP contribution is 2.42. The zero-order valence-corrected chi connectivity index (χ0v) is 20.6. The predicted octanol–water partition coefficient (Wildman–Crippen LogP) is 9.68. The Kier molecular flexibility index (Phi) is 9.47. The zero-order valence-electron chi connectivity index (χ0n) is 20.6. The first kappa shape index (κ1) is 29.2. The van der Waals surface area contributed by atoms with Crippen molar-refractivity contribution in [2.75, 3.05) is 0 Å². The number of hydrogen-bond acceptors (Lipinski definition) is 2. The van der Waals surface area contributed by atoms with E-state index in [1.165, 1.54) is 6.42 Å². The molecule has 1 aliphatic carbocycles. The van der Waals surface area contributed by atoms with Crippen molar-refractivity contribution in [3.8, 4) is 5.75 Å². The number of alkyl halides is 5. The first-order chi connectivity index (χ1) is 17.3. The van der Waals surface area contributed by atoms with Gasteiger partial charge in [-0.1, -0.05) is 38.7 Å². The lowest BCUT2D eigenvalue weighted by molar-refractivity contribution is -0.275. The molecule has 0 bridgehead atoms. The molecule has 206 valence electrons. The molecule has 2 aromatic rings. The van der Waals surface area contributed by atoms with E-state index in [1.54, 1.807) is 0 Å². The molecular weight excluding hydrogens is 508 g/mol. The second-order valence-electron chi connectivity index (χ2n) is 9.59. The Morgan fingerprint density at radius 3 is 2.03 bits per heavy atom. The van der Waals surface area contributed by atoms with Gasteiger partial charge < -0.3 is 9.47 Å². The first-order valence-corrected chi connectivity index (χ1v) is 12.4. The Hall–Kier alpha value is -2.36. The standard InChI is InChI=1S/C27H30F8O2/c1-3-4-5-6-17-7-9-18(10-8-17)20-14-22(29)25(23(30)15-20)26(31,32)36-16(2)19-11-12-24(21(28)13-19)37-27(33,34)35/h11-18H,3-10H2,1-2H3. The second-order valence-corrected chi connectivity index (χ2v) is 9.59. The van der Waals surface area contributed by atoms with Gasteiger partial charge in [-0.05, 0) is 79.8 Å². The Morgan fingerprint density at radius 1 is 0.865 bits per heavy atom. The van der Waals surface area contributed by atoms with E-state index in [2.05, 4.69) is 16.4 Å². The van der Waals surface area contributed by atoms with Gasteiger partial charge in [-0.25, -0.2) is 13.2 Å². The molecule has 37 heavy (non-hydrogen) atoms. The Labute approximate surface area is 211 Å². The maximum atomic E-state index is 14.8. The van der Waals surface area contributed by atoms with Crippen LogP contribution in [0.15, 0.2) is 30.3 Å². The van der Waals surface area contributed by atoms with Crippen LogP contribution in [0, 0.1) is 23.4 Å². The van der Waals surface area contributed by atoms with Crippen molar-refractivity contribution in [2.45, 2.75) is 89.7 Å². The van der Waals surface area contributed by atoms with Gasteiger partial charge in [0.25, 0.3) is 0 Å². The smallest absolute Gasteiger partial charge is 0.403 e. The van der Waals surface area contributed by atoms with Gasteiger partial charge in [0, 0.05) is 0 Å². The number of hydrogen-bond donors (Lipinski definition) is 0. The van der Waals surface area contributed by atoms with E-state index >= 15 is 0 Å². The molecule has 0 N–H and O–H groups in total. The maximum Gasteiger partial charge on any atom is 0.573 e. The fourth-order valence-corrected chi connectivity index (χ4v) is 4.90. The minimum Gasteiger partial charge on any atom is -0.403 e. The topological polar surface area (TPSA) is 18.5 Å². The van der Waals surface area contributed by atoms with E-state index < -0.39 is 47.3 Å². The third-order valence-electron chi connectivity index (χ3n) is 6.87. The monoisotopic (exact) mass is 538 g/mol. The van der Waals surface area contributed by atoms with Crippen LogP contribution in [0.25, 0.3) is 0 Å². The highest BCUT2D eigenvalue weighted by Gasteiger charge is 2.42. The lowest BCUT2D eigenvalue weighted by Gasteiger charge is -2.29. The van der Waals surface area contributed by atoms with Crippen LogP contribution >= 0.6 is 0 Å². The summed E-state index contributed by atoms with van der Waals surface area (Å²) in [7, 11) is 0. The Balaban J connectivity index is 1.70. The summed E-state index contributed by atoms with van der Waals surface area (Å²) >= 11 is 0. The van der Waals surface area contributed by atoms with Crippen molar-refractivity contribution in [2.24, 2.45) is 5.92 Å². The molecule has 1 fully saturated rings. The molecule has 0 radical (unpaired) electrons. The Morgan fingerprint density at radius 2 is 1.49 bits per heavy atom. The molecular formula is C27H30F8O2. The highest BCUT2D eigenvalue weighted by molar-refractivity contribution is 5.32. The summed E-state index contributed by atoms with van der Waals surface area (Å²) < 4.78 is 118. The minimum absolute atomic E-state index is 0.130. The average molecular weight is 539 g/mol. The van der Waals surface area contributed by atoms with E-state index in [-0.39, 0.29) is 11.5 Å². The number of halogens is 8. The third kappa shape index (κ3) is 7.82. The van der Waals surface area contributed by atoms with Crippen molar-refractivity contribution >= 4 is 0 Å². The van der Waals surface area contributed by atoms with E-state index in [0.29, 0.717) is 23.6 Å². The summed E-state index contributed by atoms with van der Waals surface area (Å²) in [5, 5.41) is 0. The quantitative estimate of drug-likeness (QED) is 0.221. The fourth-order valence-electron chi connectivity index (χ4n) is 4.90. The van der Waals surface area contributed by atoms with Crippen molar-refractivity contribution in [3.05, 3.63) is 64.5 Å². The fraction of sp³-hybridized carbons (Fsp3) is 0.556. The summed E-state index contributed by atoms with van der Waals surface area (Å²) in [6.07, 6.45) is -3.36. The summed E-state index contributed by atoms with van der Waals surface area (Å²) in [5.74, 6) is -5.10. The second kappa shape index (κ2) is 12.0. The van der Waals surface area contributed by atoms with Gasteiger partial charge in [0.1, 0.15) is 17.2 Å². The van der Waals surface area contributed by atoms with Gasteiger partial charge in [0.2, 0.25) is 0 Å². The normalized spacial score (nSPS) is 19.6. The van der Waals surface area contributed by atoms with Crippen LogP contribution in [0.4, 0.5) is 35.1 Å². The third-order valence-corrected chi connectivity index (χ3v) is 6.87. The molecule has 0 heterocycles. The van der Waals surface area contributed by atoms with Crippen LogP contribution in [0.1, 0.15) is 93.9 Å². The van der Waals surface area contributed by atoms with Crippen LogP contribution in [0.3, 0.4) is 0 Å². The van der Waals surface area contributed by atoms with Gasteiger partial charge in [0.15, 0.2) is 11.6 Å². The summed E-state index contributed by atoms with van der Waals surface area (Å²) in [5.41, 5.74) is -1.54. The van der Waals surface area contributed by atoms with E-state index in [9.17, 15) is 35.1 Å². The van der Waals surface area contributed by atoms with E-state index in [0.717, 1.165) is 70.1 Å². The number of unbranched alkanes of at least 4 members (excludes halogenated alkanes) is 2. The van der Waals surface area contributed by atoms with Crippen molar-refractivity contribution in [1.82, 2.24) is 0 Å². The molecule has 0 amide bonds. The molecule has 1 atom stereocenters. The molecule has 0 saturated heterocycles. The molecule has 0 aliphatic heterocycles. The average Bonchev–Trinajstić information content (AvgIpc) is 2.79. The zero-order chi connectivity index (χ0) is 27.4. The van der Waals surface area contributed by atoms with Gasteiger partial charge in [-0.3, -0.25) is 0 Å². The SMILES string of the molecule is CCCCCC1CCC(c2cc(F)c(C(F)(F)OC(C)c3ccc(OC(F)(F)F)c(F)c3)c(F)c2)CC1. The molecule has 2 aromatic carbocycles. The Bertz CT molecular complexity index is 1020. The van der Waals surface area contributed by atoms with Crippen LogP contribution in [-0.4, -0.2) is 6.36 Å². The molecule has 1 saturated carbocycles. The molecule has 10 heteroatoms. The molecule has 0 spiro atoms. The highest BCUT2D eigenvalue weighted by atomic mass is 19.4. The molecule has 1 aliphatic rings. The van der Waals surface area contributed by atoms with E-state index in [4.69, 9.17) is 0 Å². The summed E-state index contributed by atoms with van der Waals surface area (Å²) in [6.45, 7) is 3.18. The largest absolute Gasteiger partial charge is 0.573 e. The lowest BCUT2D eigenvalue weighted by atomic mass is 9.77. The summed E-state index contributed by atoms with van der Waals surface area (Å²) in [6, 6.07) is 3.83. The number of ether oxygens (including phenoxy) is 2. The van der Waals surface area contributed by atoms with Crippen LogP contribution < -0.4 is 4.74 Å². The first-order valence-electron chi connectivity index (χ1n) is 12.4. The van der Waals surface area contributed by atoms with E-state index in [1.807, 2.05) is 0 Å². The van der Waals surface area contributed by atoms with Crippen LogP contribution in [0.5, 0.6) is 5.75 Å². The minimum atomic E-state index is -5.15. The molecule has 1 unspecified atom stereocenters. The van der Waals surface area contributed by atoms with Crippen molar-refractivity contribution < 1.29 is 44.6 Å². The predicted molar refractivity (Wildman–Crippen MR) is 122 cm³/mol. The van der Waals surface area contributed by atoms with Crippen molar-refractivity contribution in [3.63, 3.8) is 0 Å². The molecule has 2 nitrogen and oxygen atoms in total. The van der Waals surface area contributed by atoms with Gasteiger partial charge in [0.05, 0.1) is 6.10 Å². The summed E-state index contributed by atoms with van der Waals surface area (Å²) in [4.78, 5) is 0. The molecule has 0 aromatic heterocycles. The molecule has 3 rings (SSSR count). The van der Waals surface area contributed by atoms with Crippen molar-refractivity contribution in [1.29, 1.82) is 0 Å². The number of rotatable bonds is 10. The van der Waals surface area contributed by atoms with Gasteiger partial charge in [-0.2, -0.15) is 8.78 Å².